The van der Waals surface area contributed by atoms with Crippen LogP contribution in [-0.4, -0.2) is 41.1 Å². The Morgan fingerprint density at radius 2 is 2.35 bits per heavy atom. The lowest BCUT2D eigenvalue weighted by Gasteiger charge is -2.24. The molecule has 2 aromatic rings. The van der Waals surface area contributed by atoms with E-state index in [1.807, 2.05) is 11.8 Å². The first kappa shape index (κ1) is 16.6. The van der Waals surface area contributed by atoms with Gasteiger partial charge >= 0.3 is 0 Å². The molecule has 2 heterocycles. The van der Waals surface area contributed by atoms with Crippen LogP contribution < -0.4 is 4.74 Å². The Morgan fingerprint density at radius 3 is 3.04 bits per heavy atom. The van der Waals surface area contributed by atoms with Crippen LogP contribution >= 0.6 is 0 Å². The summed E-state index contributed by atoms with van der Waals surface area (Å²) in [5.74, 6) is 1.98. The zero-order valence-corrected chi connectivity index (χ0v) is 14.9. The van der Waals surface area contributed by atoms with Crippen molar-refractivity contribution in [3.05, 3.63) is 41.0 Å². The van der Waals surface area contributed by atoms with Gasteiger partial charge in [0, 0.05) is 18.7 Å². The summed E-state index contributed by atoms with van der Waals surface area (Å²) in [6.45, 7) is 3.08. The maximum atomic E-state index is 13.0. The predicted molar refractivity (Wildman–Crippen MR) is 91.7 cm³/mol. The molecular weight excluding hydrogens is 332 g/mol. The molecule has 0 unspecified atom stereocenters. The van der Waals surface area contributed by atoms with Crippen molar-refractivity contribution in [2.75, 3.05) is 20.2 Å². The number of ether oxygens (including phenoxy) is 1. The van der Waals surface area contributed by atoms with Gasteiger partial charge in [-0.2, -0.15) is 10.2 Å². The fourth-order valence-corrected chi connectivity index (χ4v) is 4.39. The second kappa shape index (κ2) is 6.13. The Kier molecular flexibility index (Phi) is 3.91. The SMILES string of the molecule is COc1cc(C(=O)N2C[C@@H]3CCC[C@]3(c3nc(C)no3)C2)ccc1C#N. The van der Waals surface area contributed by atoms with Crippen LogP contribution in [0.25, 0.3) is 0 Å². The van der Waals surface area contributed by atoms with E-state index in [1.165, 1.54) is 7.11 Å². The molecule has 1 aromatic carbocycles. The fourth-order valence-electron chi connectivity index (χ4n) is 4.39. The van der Waals surface area contributed by atoms with Gasteiger partial charge in [0.25, 0.3) is 5.91 Å². The summed E-state index contributed by atoms with van der Waals surface area (Å²) < 4.78 is 10.7. The molecule has 1 aromatic heterocycles. The Hall–Kier alpha value is -2.88. The third-order valence-electron chi connectivity index (χ3n) is 5.68. The van der Waals surface area contributed by atoms with Crippen molar-refractivity contribution < 1.29 is 14.1 Å². The Morgan fingerprint density at radius 1 is 1.50 bits per heavy atom. The highest BCUT2D eigenvalue weighted by Gasteiger charge is 2.55. The van der Waals surface area contributed by atoms with Gasteiger partial charge in [-0.05, 0) is 43.9 Å². The number of hydrogen-bond acceptors (Lipinski definition) is 6. The highest BCUT2D eigenvalue weighted by molar-refractivity contribution is 5.95. The minimum absolute atomic E-state index is 0.0576. The van der Waals surface area contributed by atoms with Crippen LogP contribution in [-0.2, 0) is 5.41 Å². The van der Waals surface area contributed by atoms with E-state index in [0.717, 1.165) is 19.3 Å². The van der Waals surface area contributed by atoms with Gasteiger partial charge in [-0.25, -0.2) is 0 Å². The standard InChI is InChI=1S/C19H20N4O3/c1-12-21-18(26-22-12)19-7-3-4-15(19)10-23(11-19)17(24)13-5-6-14(9-20)16(8-13)25-2/h5-6,8,15H,3-4,7,10-11H2,1-2H3/t15-,19-/m0/s1. The van der Waals surface area contributed by atoms with Crippen LogP contribution in [0.15, 0.2) is 22.7 Å². The number of aryl methyl sites for hydroxylation is 1. The number of hydrogen-bond donors (Lipinski definition) is 0. The van der Waals surface area contributed by atoms with E-state index in [4.69, 9.17) is 14.5 Å². The van der Waals surface area contributed by atoms with E-state index < -0.39 is 0 Å². The number of aromatic nitrogens is 2. The molecule has 2 aliphatic rings. The number of nitriles is 1. The number of carbonyl (C=O) groups excluding carboxylic acids is 1. The number of methoxy groups -OCH3 is 1. The van der Waals surface area contributed by atoms with Crippen LogP contribution in [0.1, 0.15) is 46.9 Å². The highest BCUT2D eigenvalue weighted by Crippen LogP contribution is 2.50. The van der Waals surface area contributed by atoms with Gasteiger partial charge in [0.2, 0.25) is 5.89 Å². The fraction of sp³-hybridized carbons (Fsp3) is 0.474. The lowest BCUT2D eigenvalue weighted by molar-refractivity contribution is 0.0774. The van der Waals surface area contributed by atoms with E-state index >= 15 is 0 Å². The second-order valence-electron chi connectivity index (χ2n) is 7.10. The first-order valence-corrected chi connectivity index (χ1v) is 8.75. The van der Waals surface area contributed by atoms with Gasteiger partial charge in [0.1, 0.15) is 11.8 Å². The number of fused-ring (bicyclic) bond motifs is 1. The van der Waals surface area contributed by atoms with Crippen LogP contribution in [0.3, 0.4) is 0 Å². The van der Waals surface area contributed by atoms with E-state index in [9.17, 15) is 4.79 Å². The average Bonchev–Trinajstić information content (AvgIpc) is 3.34. The van der Waals surface area contributed by atoms with E-state index in [-0.39, 0.29) is 11.3 Å². The minimum Gasteiger partial charge on any atom is -0.495 e. The van der Waals surface area contributed by atoms with Crippen LogP contribution in [0.2, 0.25) is 0 Å². The molecular formula is C19H20N4O3. The van der Waals surface area contributed by atoms with Crippen LogP contribution in [0.5, 0.6) is 5.75 Å². The van der Waals surface area contributed by atoms with Gasteiger partial charge in [0.05, 0.1) is 18.1 Å². The molecule has 7 heteroatoms. The number of carbonyl (C=O) groups is 1. The van der Waals surface area contributed by atoms with Crippen molar-refractivity contribution in [3.8, 4) is 11.8 Å². The van der Waals surface area contributed by atoms with Crippen molar-refractivity contribution in [2.24, 2.45) is 5.92 Å². The van der Waals surface area contributed by atoms with Gasteiger partial charge in [-0.15, -0.1) is 0 Å². The van der Waals surface area contributed by atoms with Gasteiger partial charge in [0.15, 0.2) is 5.82 Å². The Balaban J connectivity index is 1.62. The summed E-state index contributed by atoms with van der Waals surface area (Å²) in [6.07, 6.45) is 3.13. The molecule has 134 valence electrons. The number of likely N-dealkylation sites (tertiary alicyclic amines) is 1. The molecule has 1 amide bonds. The second-order valence-corrected chi connectivity index (χ2v) is 7.10. The summed E-state index contributed by atoms with van der Waals surface area (Å²) in [4.78, 5) is 19.4. The normalized spacial score (nSPS) is 24.3. The molecule has 0 bridgehead atoms. The summed E-state index contributed by atoms with van der Waals surface area (Å²) in [5.41, 5.74) is 0.714. The minimum atomic E-state index is -0.229. The molecule has 4 rings (SSSR count). The van der Waals surface area contributed by atoms with Crippen molar-refractivity contribution in [1.29, 1.82) is 5.26 Å². The predicted octanol–water partition coefficient (Wildman–Crippen LogP) is 2.45. The number of rotatable bonds is 3. The largest absolute Gasteiger partial charge is 0.495 e. The first-order valence-electron chi connectivity index (χ1n) is 8.75. The van der Waals surface area contributed by atoms with Crippen molar-refractivity contribution in [2.45, 2.75) is 31.6 Å². The third-order valence-corrected chi connectivity index (χ3v) is 5.68. The third kappa shape index (κ3) is 2.45. The quantitative estimate of drug-likeness (QED) is 0.842. The molecule has 1 saturated heterocycles. The van der Waals surface area contributed by atoms with E-state index in [0.29, 0.717) is 47.6 Å². The average molecular weight is 352 g/mol. The maximum Gasteiger partial charge on any atom is 0.254 e. The lowest BCUT2D eigenvalue weighted by atomic mass is 9.80. The molecule has 1 saturated carbocycles. The summed E-state index contributed by atoms with van der Waals surface area (Å²) in [6, 6.07) is 7.01. The van der Waals surface area contributed by atoms with Crippen LogP contribution in [0, 0.1) is 24.2 Å². The van der Waals surface area contributed by atoms with Gasteiger partial charge in [-0.1, -0.05) is 11.6 Å². The molecule has 26 heavy (non-hydrogen) atoms. The molecule has 2 atom stereocenters. The topological polar surface area (TPSA) is 92.2 Å². The lowest BCUT2D eigenvalue weighted by Crippen LogP contribution is -2.35. The van der Waals surface area contributed by atoms with Crippen LogP contribution in [0.4, 0.5) is 0 Å². The summed E-state index contributed by atoms with van der Waals surface area (Å²) in [7, 11) is 1.50. The van der Waals surface area contributed by atoms with Crippen molar-refractivity contribution >= 4 is 5.91 Å². The summed E-state index contributed by atoms with van der Waals surface area (Å²) in [5, 5.41) is 13.1. The molecule has 1 aliphatic carbocycles. The van der Waals surface area contributed by atoms with E-state index in [2.05, 4.69) is 16.2 Å². The molecule has 7 nitrogen and oxygen atoms in total. The smallest absolute Gasteiger partial charge is 0.254 e. The van der Waals surface area contributed by atoms with E-state index in [1.54, 1.807) is 18.2 Å². The highest BCUT2D eigenvalue weighted by atomic mass is 16.5. The molecule has 1 aliphatic heterocycles. The monoisotopic (exact) mass is 352 g/mol. The zero-order chi connectivity index (χ0) is 18.3. The number of amides is 1. The summed E-state index contributed by atoms with van der Waals surface area (Å²) >= 11 is 0. The van der Waals surface area contributed by atoms with Crippen molar-refractivity contribution in [3.63, 3.8) is 0 Å². The molecule has 0 N–H and O–H groups in total. The molecule has 0 radical (unpaired) electrons. The maximum absolute atomic E-state index is 13.0. The van der Waals surface area contributed by atoms with Gasteiger partial charge < -0.3 is 14.2 Å². The Labute approximate surface area is 151 Å². The van der Waals surface area contributed by atoms with Gasteiger partial charge in [-0.3, -0.25) is 4.79 Å². The molecule has 0 spiro atoms. The zero-order valence-electron chi connectivity index (χ0n) is 14.9. The number of nitrogens with zero attached hydrogens (tertiary/aromatic N) is 4. The van der Waals surface area contributed by atoms with Crippen molar-refractivity contribution in [1.82, 2.24) is 15.0 Å². The first-order chi connectivity index (χ1) is 12.6. The Bertz CT molecular complexity index is 900. The number of benzene rings is 1. The molecule has 2 fully saturated rings.